The molecule has 0 saturated carbocycles. The van der Waals surface area contributed by atoms with Crippen molar-refractivity contribution in [3.63, 3.8) is 0 Å². The van der Waals surface area contributed by atoms with Crippen LogP contribution in [0.25, 0.3) is 0 Å². The van der Waals surface area contributed by atoms with E-state index in [1.165, 1.54) is 11.1 Å². The third-order valence-electron chi connectivity index (χ3n) is 2.94. The van der Waals surface area contributed by atoms with Gasteiger partial charge in [-0.3, -0.25) is 4.79 Å². The van der Waals surface area contributed by atoms with Crippen LogP contribution in [0.5, 0.6) is 0 Å². The Kier molecular flexibility index (Phi) is 4.12. The van der Waals surface area contributed by atoms with E-state index in [0.717, 1.165) is 10.6 Å². The molecular formula is C15H16N2OS. The van der Waals surface area contributed by atoms with Gasteiger partial charge in [0.05, 0.1) is 0 Å². The van der Waals surface area contributed by atoms with E-state index in [2.05, 4.69) is 19.1 Å². The second-order valence-corrected chi connectivity index (χ2v) is 5.35. The number of carbonyl (C=O) groups is 1. The molecule has 0 aliphatic rings. The fourth-order valence-electron chi connectivity index (χ4n) is 1.74. The summed E-state index contributed by atoms with van der Waals surface area (Å²) in [7, 11) is 0. The van der Waals surface area contributed by atoms with E-state index in [-0.39, 0.29) is 0 Å². The van der Waals surface area contributed by atoms with E-state index < -0.39 is 5.91 Å². The van der Waals surface area contributed by atoms with Crippen molar-refractivity contribution in [3.05, 3.63) is 59.2 Å². The molecule has 1 amide bonds. The van der Waals surface area contributed by atoms with Gasteiger partial charge in [0.15, 0.2) is 0 Å². The minimum atomic E-state index is -0.433. The number of benzene rings is 2. The van der Waals surface area contributed by atoms with E-state index in [4.69, 9.17) is 11.5 Å². The highest BCUT2D eigenvalue weighted by atomic mass is 32.2. The number of carbonyl (C=O) groups excluding carboxylic acids is 1. The molecule has 4 N–H and O–H groups in total. The summed E-state index contributed by atoms with van der Waals surface area (Å²) in [6.45, 7) is 2.08. The zero-order chi connectivity index (χ0) is 13.8. The molecule has 19 heavy (non-hydrogen) atoms. The highest BCUT2D eigenvalue weighted by Crippen LogP contribution is 2.29. The summed E-state index contributed by atoms with van der Waals surface area (Å²) in [6, 6.07) is 13.3. The summed E-state index contributed by atoms with van der Waals surface area (Å²) in [6.07, 6.45) is 0. The molecule has 4 heteroatoms. The standard InChI is InChI=1S/C15H16N2OS/c1-10-4-2-3-5-12(10)9-19-14-8-11(15(17)18)6-7-13(14)16/h2-8H,9,16H2,1H3,(H2,17,18). The normalized spacial score (nSPS) is 10.4. The number of thioether (sulfide) groups is 1. The van der Waals surface area contributed by atoms with Crippen molar-refractivity contribution in [1.29, 1.82) is 0 Å². The van der Waals surface area contributed by atoms with Crippen molar-refractivity contribution in [2.45, 2.75) is 17.6 Å². The van der Waals surface area contributed by atoms with E-state index in [9.17, 15) is 4.79 Å². The van der Waals surface area contributed by atoms with Crippen LogP contribution >= 0.6 is 11.8 Å². The lowest BCUT2D eigenvalue weighted by molar-refractivity contribution is 0.1000. The molecular weight excluding hydrogens is 256 g/mol. The molecule has 0 bridgehead atoms. The Hall–Kier alpha value is -1.94. The van der Waals surface area contributed by atoms with Crippen molar-refractivity contribution in [3.8, 4) is 0 Å². The van der Waals surface area contributed by atoms with Gasteiger partial charge in [0, 0.05) is 21.9 Å². The predicted molar refractivity (Wildman–Crippen MR) is 80.1 cm³/mol. The third kappa shape index (κ3) is 3.29. The number of nitrogen functional groups attached to an aromatic ring is 1. The maximum Gasteiger partial charge on any atom is 0.248 e. The zero-order valence-corrected chi connectivity index (χ0v) is 11.5. The molecule has 0 aromatic heterocycles. The average molecular weight is 272 g/mol. The van der Waals surface area contributed by atoms with Crippen LogP contribution in [0.3, 0.4) is 0 Å². The van der Waals surface area contributed by atoms with Crippen LogP contribution in [-0.4, -0.2) is 5.91 Å². The number of primary amides is 1. The van der Waals surface area contributed by atoms with Gasteiger partial charge < -0.3 is 11.5 Å². The van der Waals surface area contributed by atoms with Crippen LogP contribution in [0.4, 0.5) is 5.69 Å². The molecule has 0 aliphatic heterocycles. The highest BCUT2D eigenvalue weighted by Gasteiger charge is 2.07. The van der Waals surface area contributed by atoms with Gasteiger partial charge in [0.1, 0.15) is 0 Å². The van der Waals surface area contributed by atoms with Gasteiger partial charge in [0.2, 0.25) is 5.91 Å². The molecule has 0 spiro atoms. The van der Waals surface area contributed by atoms with Gasteiger partial charge >= 0.3 is 0 Å². The lowest BCUT2D eigenvalue weighted by atomic mass is 10.1. The molecule has 0 heterocycles. The fraction of sp³-hybridized carbons (Fsp3) is 0.133. The first-order valence-electron chi connectivity index (χ1n) is 5.94. The fourth-order valence-corrected chi connectivity index (χ4v) is 2.82. The van der Waals surface area contributed by atoms with Gasteiger partial charge in [-0.1, -0.05) is 24.3 Å². The Morgan fingerprint density at radius 3 is 2.63 bits per heavy atom. The Morgan fingerprint density at radius 1 is 1.21 bits per heavy atom. The summed E-state index contributed by atoms with van der Waals surface area (Å²) in [5.41, 5.74) is 14.9. The Balaban J connectivity index is 2.17. The molecule has 3 nitrogen and oxygen atoms in total. The van der Waals surface area contributed by atoms with Crippen LogP contribution in [0.2, 0.25) is 0 Å². The van der Waals surface area contributed by atoms with Crippen molar-refractivity contribution >= 4 is 23.4 Å². The van der Waals surface area contributed by atoms with Crippen LogP contribution in [0.15, 0.2) is 47.4 Å². The van der Waals surface area contributed by atoms with Crippen LogP contribution in [0.1, 0.15) is 21.5 Å². The van der Waals surface area contributed by atoms with Crippen LogP contribution in [-0.2, 0) is 5.75 Å². The molecule has 0 fully saturated rings. The van der Waals surface area contributed by atoms with Crippen LogP contribution in [0, 0.1) is 6.92 Å². The first-order valence-corrected chi connectivity index (χ1v) is 6.93. The monoisotopic (exact) mass is 272 g/mol. The summed E-state index contributed by atoms with van der Waals surface area (Å²) in [5, 5.41) is 0. The van der Waals surface area contributed by atoms with Crippen molar-refractivity contribution in [1.82, 2.24) is 0 Å². The average Bonchev–Trinajstić information content (AvgIpc) is 2.39. The second-order valence-electron chi connectivity index (χ2n) is 4.33. The van der Waals surface area contributed by atoms with Crippen LogP contribution < -0.4 is 11.5 Å². The molecule has 2 rings (SSSR count). The van der Waals surface area contributed by atoms with E-state index in [0.29, 0.717) is 11.3 Å². The molecule has 0 atom stereocenters. The second kappa shape index (κ2) is 5.80. The molecule has 2 aromatic rings. The lowest BCUT2D eigenvalue weighted by Crippen LogP contribution is -2.11. The van der Waals surface area contributed by atoms with Gasteiger partial charge in [0.25, 0.3) is 0 Å². The summed E-state index contributed by atoms with van der Waals surface area (Å²) in [5.74, 6) is 0.386. The quantitative estimate of drug-likeness (QED) is 0.664. The number of rotatable bonds is 4. The largest absolute Gasteiger partial charge is 0.398 e. The lowest BCUT2D eigenvalue weighted by Gasteiger charge is -2.08. The molecule has 98 valence electrons. The predicted octanol–water partition coefficient (Wildman–Crippen LogP) is 2.97. The van der Waals surface area contributed by atoms with Gasteiger partial charge in [-0.25, -0.2) is 0 Å². The van der Waals surface area contributed by atoms with Crippen molar-refractivity contribution in [2.24, 2.45) is 5.73 Å². The molecule has 2 aromatic carbocycles. The number of hydrogen-bond acceptors (Lipinski definition) is 3. The molecule has 0 aliphatic carbocycles. The topological polar surface area (TPSA) is 69.1 Å². The maximum atomic E-state index is 11.2. The number of hydrogen-bond donors (Lipinski definition) is 2. The van der Waals surface area contributed by atoms with E-state index in [1.807, 2.05) is 12.1 Å². The van der Waals surface area contributed by atoms with Crippen molar-refractivity contribution < 1.29 is 4.79 Å². The number of nitrogens with two attached hydrogens (primary N) is 2. The molecule has 0 saturated heterocycles. The van der Waals surface area contributed by atoms with E-state index in [1.54, 1.807) is 30.0 Å². The summed E-state index contributed by atoms with van der Waals surface area (Å²) >= 11 is 1.61. The summed E-state index contributed by atoms with van der Waals surface area (Å²) in [4.78, 5) is 12.1. The SMILES string of the molecule is Cc1ccccc1CSc1cc(C(N)=O)ccc1N. The maximum absolute atomic E-state index is 11.2. The van der Waals surface area contributed by atoms with E-state index >= 15 is 0 Å². The Morgan fingerprint density at radius 2 is 1.95 bits per heavy atom. The van der Waals surface area contributed by atoms with Gasteiger partial charge in [-0.2, -0.15) is 0 Å². The molecule has 0 radical (unpaired) electrons. The van der Waals surface area contributed by atoms with Gasteiger partial charge in [-0.05, 0) is 36.2 Å². The number of amides is 1. The number of anilines is 1. The van der Waals surface area contributed by atoms with Crippen molar-refractivity contribution in [2.75, 3.05) is 5.73 Å². The highest BCUT2D eigenvalue weighted by molar-refractivity contribution is 7.98. The summed E-state index contributed by atoms with van der Waals surface area (Å²) < 4.78 is 0. The number of aryl methyl sites for hydroxylation is 1. The zero-order valence-electron chi connectivity index (χ0n) is 10.7. The Bertz CT molecular complexity index is 611. The Labute approximate surface area is 117 Å². The molecule has 0 unspecified atom stereocenters. The first-order chi connectivity index (χ1) is 9.08. The first kappa shape index (κ1) is 13.5. The van der Waals surface area contributed by atoms with Gasteiger partial charge in [-0.15, -0.1) is 11.8 Å². The third-order valence-corrected chi connectivity index (χ3v) is 4.06. The minimum Gasteiger partial charge on any atom is -0.398 e. The smallest absolute Gasteiger partial charge is 0.248 e. The minimum absolute atomic E-state index is 0.433.